The molecule has 0 aromatic heterocycles. The summed E-state index contributed by atoms with van der Waals surface area (Å²) in [6, 6.07) is 4.40. The molecule has 1 heterocycles. The van der Waals surface area contributed by atoms with Crippen molar-refractivity contribution < 1.29 is 13.2 Å². The van der Waals surface area contributed by atoms with Crippen LogP contribution in [0.15, 0.2) is 23.1 Å². The number of halogens is 1. The lowest BCUT2D eigenvalue weighted by Gasteiger charge is -2.22. The summed E-state index contributed by atoms with van der Waals surface area (Å²) >= 11 is 6.14. The smallest absolute Gasteiger partial charge is 0.251 e. The number of nitrogens with one attached hydrogen (secondary N) is 1. The highest BCUT2D eigenvalue weighted by molar-refractivity contribution is 7.89. The number of benzene rings is 1. The number of carbonyl (C=O) groups excluding carboxylic acids is 1. The maximum atomic E-state index is 12.9. The van der Waals surface area contributed by atoms with Gasteiger partial charge in [0.1, 0.15) is 4.90 Å². The van der Waals surface area contributed by atoms with Gasteiger partial charge in [-0.05, 0) is 51.8 Å². The number of sulfonamides is 1. The maximum absolute atomic E-state index is 12.9. The van der Waals surface area contributed by atoms with E-state index in [-0.39, 0.29) is 15.8 Å². The van der Waals surface area contributed by atoms with E-state index >= 15 is 0 Å². The van der Waals surface area contributed by atoms with Crippen molar-refractivity contribution in [2.75, 3.05) is 13.1 Å². The predicted molar refractivity (Wildman–Crippen MR) is 95.9 cm³/mol. The summed E-state index contributed by atoms with van der Waals surface area (Å²) in [5, 5.41) is 2.98. The van der Waals surface area contributed by atoms with Crippen LogP contribution in [0.4, 0.5) is 0 Å². The van der Waals surface area contributed by atoms with Crippen molar-refractivity contribution in [3.05, 3.63) is 28.8 Å². The SMILES string of the molecule is CC(C)(C)NC(=O)c1ccc(Cl)c(S(=O)(=O)N2CCCCCC2)c1. The first-order valence-corrected chi connectivity index (χ1v) is 10.1. The molecule has 1 N–H and O–H groups in total. The first kappa shape index (κ1) is 19.2. The fourth-order valence-electron chi connectivity index (χ4n) is 2.68. The van der Waals surface area contributed by atoms with E-state index < -0.39 is 15.6 Å². The van der Waals surface area contributed by atoms with Gasteiger partial charge in [-0.1, -0.05) is 24.4 Å². The fourth-order valence-corrected chi connectivity index (χ4v) is 4.69. The lowest BCUT2D eigenvalue weighted by Crippen LogP contribution is -2.40. The Labute approximate surface area is 149 Å². The van der Waals surface area contributed by atoms with Gasteiger partial charge >= 0.3 is 0 Å². The molecule has 134 valence electrons. The molecular formula is C17H25ClN2O3S. The molecule has 1 fully saturated rings. The van der Waals surface area contributed by atoms with Crippen molar-refractivity contribution in [2.45, 2.75) is 56.9 Å². The Balaban J connectivity index is 2.35. The van der Waals surface area contributed by atoms with Crippen LogP contribution >= 0.6 is 11.6 Å². The zero-order valence-corrected chi connectivity index (χ0v) is 16.0. The van der Waals surface area contributed by atoms with E-state index in [2.05, 4.69) is 5.32 Å². The molecule has 0 saturated carbocycles. The van der Waals surface area contributed by atoms with Gasteiger partial charge < -0.3 is 5.32 Å². The monoisotopic (exact) mass is 372 g/mol. The molecule has 0 spiro atoms. The summed E-state index contributed by atoms with van der Waals surface area (Å²) in [6.07, 6.45) is 3.77. The van der Waals surface area contributed by atoms with Gasteiger partial charge in [-0.2, -0.15) is 4.31 Å². The van der Waals surface area contributed by atoms with Crippen LogP contribution in [0.3, 0.4) is 0 Å². The zero-order chi connectivity index (χ0) is 18.0. The molecule has 1 aromatic rings. The number of rotatable bonds is 3. The number of hydrogen-bond donors (Lipinski definition) is 1. The largest absolute Gasteiger partial charge is 0.347 e. The van der Waals surface area contributed by atoms with Crippen LogP contribution in [0.1, 0.15) is 56.8 Å². The third kappa shape index (κ3) is 4.71. The van der Waals surface area contributed by atoms with Crippen LogP contribution in [0.5, 0.6) is 0 Å². The minimum Gasteiger partial charge on any atom is -0.347 e. The molecule has 2 rings (SSSR count). The molecule has 5 nitrogen and oxygen atoms in total. The summed E-state index contributed by atoms with van der Waals surface area (Å²) in [6.45, 7) is 6.61. The Morgan fingerprint density at radius 2 is 1.71 bits per heavy atom. The van der Waals surface area contributed by atoms with Gasteiger partial charge in [0.05, 0.1) is 5.02 Å². The average molecular weight is 373 g/mol. The van der Waals surface area contributed by atoms with Crippen LogP contribution in [-0.4, -0.2) is 37.3 Å². The fraction of sp³-hybridized carbons (Fsp3) is 0.588. The maximum Gasteiger partial charge on any atom is 0.251 e. The van der Waals surface area contributed by atoms with E-state index in [4.69, 9.17) is 11.6 Å². The Bertz CT molecular complexity index is 703. The van der Waals surface area contributed by atoms with Crippen molar-refractivity contribution >= 4 is 27.5 Å². The molecule has 1 aliphatic heterocycles. The van der Waals surface area contributed by atoms with E-state index in [0.717, 1.165) is 25.7 Å². The second kappa shape index (κ2) is 7.42. The minimum atomic E-state index is -3.69. The Hall–Kier alpha value is -1.11. The molecule has 1 aromatic carbocycles. The zero-order valence-electron chi connectivity index (χ0n) is 14.4. The van der Waals surface area contributed by atoms with Crippen molar-refractivity contribution in [1.82, 2.24) is 9.62 Å². The first-order chi connectivity index (χ1) is 11.1. The molecular weight excluding hydrogens is 348 g/mol. The second-order valence-corrected chi connectivity index (χ2v) is 9.48. The standard InChI is InChI=1S/C17H25ClN2O3S/c1-17(2,3)19-16(21)13-8-9-14(18)15(12-13)24(22,23)20-10-6-4-5-7-11-20/h8-9,12H,4-7,10-11H2,1-3H3,(H,19,21). The summed E-state index contributed by atoms with van der Waals surface area (Å²) in [4.78, 5) is 12.3. The van der Waals surface area contributed by atoms with E-state index in [1.807, 2.05) is 20.8 Å². The van der Waals surface area contributed by atoms with Gasteiger partial charge in [-0.25, -0.2) is 8.42 Å². The number of hydrogen-bond acceptors (Lipinski definition) is 3. The predicted octanol–water partition coefficient (Wildman–Crippen LogP) is 3.43. The Morgan fingerprint density at radius 1 is 1.12 bits per heavy atom. The van der Waals surface area contributed by atoms with E-state index in [1.165, 1.54) is 16.4 Å². The molecule has 1 saturated heterocycles. The van der Waals surface area contributed by atoms with Crippen LogP contribution in [0.25, 0.3) is 0 Å². The molecule has 0 bridgehead atoms. The lowest BCUT2D eigenvalue weighted by molar-refractivity contribution is 0.0919. The highest BCUT2D eigenvalue weighted by atomic mass is 35.5. The molecule has 0 atom stereocenters. The second-order valence-electron chi connectivity index (χ2n) is 7.17. The highest BCUT2D eigenvalue weighted by Gasteiger charge is 2.28. The molecule has 7 heteroatoms. The minimum absolute atomic E-state index is 0.00706. The van der Waals surface area contributed by atoms with Crippen molar-refractivity contribution in [1.29, 1.82) is 0 Å². The molecule has 0 radical (unpaired) electrons. The number of amides is 1. The highest BCUT2D eigenvalue weighted by Crippen LogP contribution is 2.27. The van der Waals surface area contributed by atoms with Crippen LogP contribution in [0, 0.1) is 0 Å². The topological polar surface area (TPSA) is 66.5 Å². The first-order valence-electron chi connectivity index (χ1n) is 8.23. The van der Waals surface area contributed by atoms with E-state index in [0.29, 0.717) is 18.7 Å². The lowest BCUT2D eigenvalue weighted by atomic mass is 10.1. The number of carbonyl (C=O) groups is 1. The van der Waals surface area contributed by atoms with Gasteiger partial charge in [0, 0.05) is 24.2 Å². The van der Waals surface area contributed by atoms with E-state index in [9.17, 15) is 13.2 Å². The third-order valence-electron chi connectivity index (χ3n) is 3.86. The summed E-state index contributed by atoms with van der Waals surface area (Å²) in [5.74, 6) is -0.313. The van der Waals surface area contributed by atoms with E-state index in [1.54, 1.807) is 6.07 Å². The van der Waals surface area contributed by atoms with Gasteiger partial charge in [0.2, 0.25) is 10.0 Å². The van der Waals surface area contributed by atoms with Crippen molar-refractivity contribution in [3.63, 3.8) is 0 Å². The molecule has 24 heavy (non-hydrogen) atoms. The Morgan fingerprint density at radius 3 is 2.25 bits per heavy atom. The van der Waals surface area contributed by atoms with Crippen molar-refractivity contribution in [2.24, 2.45) is 0 Å². The summed E-state index contributed by atoms with van der Waals surface area (Å²) < 4.78 is 27.3. The molecule has 0 aliphatic carbocycles. The normalized spacial score (nSPS) is 17.3. The Kier molecular flexibility index (Phi) is 5.94. The number of nitrogens with zero attached hydrogens (tertiary/aromatic N) is 1. The van der Waals surface area contributed by atoms with Crippen LogP contribution < -0.4 is 5.32 Å². The summed E-state index contributed by atoms with van der Waals surface area (Å²) in [7, 11) is -3.69. The van der Waals surface area contributed by atoms with Crippen molar-refractivity contribution in [3.8, 4) is 0 Å². The average Bonchev–Trinajstić information content (AvgIpc) is 2.75. The van der Waals surface area contributed by atoms with Gasteiger partial charge in [0.15, 0.2) is 0 Å². The van der Waals surface area contributed by atoms with Crippen LogP contribution in [0.2, 0.25) is 5.02 Å². The van der Waals surface area contributed by atoms with Gasteiger partial charge in [-0.15, -0.1) is 0 Å². The summed E-state index contributed by atoms with van der Waals surface area (Å²) in [5.41, 5.74) is -0.108. The molecule has 1 aliphatic rings. The third-order valence-corrected chi connectivity index (χ3v) is 6.24. The molecule has 1 amide bonds. The molecule has 0 unspecified atom stereocenters. The van der Waals surface area contributed by atoms with Crippen LogP contribution in [-0.2, 0) is 10.0 Å². The quantitative estimate of drug-likeness (QED) is 0.883. The van der Waals surface area contributed by atoms with Gasteiger partial charge in [0.25, 0.3) is 5.91 Å². The van der Waals surface area contributed by atoms with Gasteiger partial charge in [-0.3, -0.25) is 4.79 Å².